The second kappa shape index (κ2) is 7.20. The van der Waals surface area contributed by atoms with Crippen LogP contribution in [0.3, 0.4) is 0 Å². The van der Waals surface area contributed by atoms with Crippen molar-refractivity contribution in [3.63, 3.8) is 0 Å². The minimum Gasteiger partial charge on any atom is -0.0616 e. The van der Waals surface area contributed by atoms with Crippen molar-refractivity contribution in [1.29, 1.82) is 0 Å². The quantitative estimate of drug-likeness (QED) is 0.178. The molecule has 0 heterocycles. The SMILES string of the molecule is CC1(C)c2cc3c(cc2-c2cc4c5ccccc5c5ccccc5c4cc21)-c1ccc2ccccc2c1C3(C)C. The van der Waals surface area contributed by atoms with Crippen LogP contribution in [0.2, 0.25) is 0 Å². The Kier molecular flexibility index (Phi) is 4.03. The summed E-state index contributed by atoms with van der Waals surface area (Å²) in [4.78, 5) is 0. The number of hydrogen-bond acceptors (Lipinski definition) is 0. The van der Waals surface area contributed by atoms with Crippen LogP contribution >= 0.6 is 0 Å². The predicted molar refractivity (Wildman–Crippen MR) is 172 cm³/mol. The summed E-state index contributed by atoms with van der Waals surface area (Å²) in [6.45, 7) is 9.67. The zero-order chi connectivity index (χ0) is 27.0. The summed E-state index contributed by atoms with van der Waals surface area (Å²) in [6, 6.07) is 41.5. The highest BCUT2D eigenvalue weighted by Crippen LogP contribution is 2.58. The first kappa shape index (κ1) is 22.4. The van der Waals surface area contributed by atoms with Crippen LogP contribution in [-0.2, 0) is 10.8 Å². The van der Waals surface area contributed by atoms with E-state index >= 15 is 0 Å². The monoisotopic (exact) mass is 510 g/mol. The van der Waals surface area contributed by atoms with Gasteiger partial charge in [-0.3, -0.25) is 0 Å². The molecular weight excluding hydrogens is 480 g/mol. The average molecular weight is 511 g/mol. The molecule has 0 unspecified atom stereocenters. The first-order chi connectivity index (χ1) is 19.4. The summed E-state index contributed by atoms with van der Waals surface area (Å²) in [7, 11) is 0. The molecule has 2 aliphatic carbocycles. The van der Waals surface area contributed by atoms with E-state index in [0.717, 1.165) is 0 Å². The van der Waals surface area contributed by atoms with Crippen LogP contribution in [0.5, 0.6) is 0 Å². The van der Waals surface area contributed by atoms with Crippen molar-refractivity contribution in [2.24, 2.45) is 0 Å². The van der Waals surface area contributed by atoms with Crippen molar-refractivity contribution >= 4 is 43.1 Å². The molecule has 9 rings (SSSR count). The fourth-order valence-electron chi connectivity index (χ4n) is 8.22. The maximum Gasteiger partial charge on any atom is 0.0165 e. The summed E-state index contributed by atoms with van der Waals surface area (Å²) < 4.78 is 0. The van der Waals surface area contributed by atoms with Crippen molar-refractivity contribution in [2.75, 3.05) is 0 Å². The highest BCUT2D eigenvalue weighted by Gasteiger charge is 2.42. The van der Waals surface area contributed by atoms with E-state index in [-0.39, 0.29) is 10.8 Å². The van der Waals surface area contributed by atoms with Crippen LogP contribution in [0.25, 0.3) is 65.3 Å². The fraction of sp³-hybridized carbons (Fsp3) is 0.150. The molecule has 0 N–H and O–H groups in total. The van der Waals surface area contributed by atoms with Gasteiger partial charge in [0.2, 0.25) is 0 Å². The molecule has 2 aliphatic rings. The van der Waals surface area contributed by atoms with E-state index < -0.39 is 0 Å². The molecule has 190 valence electrons. The zero-order valence-corrected chi connectivity index (χ0v) is 23.4. The van der Waals surface area contributed by atoms with Crippen LogP contribution in [0, 0.1) is 0 Å². The molecule has 0 atom stereocenters. The topological polar surface area (TPSA) is 0 Å². The van der Waals surface area contributed by atoms with Crippen LogP contribution in [0.15, 0.2) is 109 Å². The molecule has 7 aromatic rings. The zero-order valence-electron chi connectivity index (χ0n) is 23.4. The number of benzene rings is 7. The van der Waals surface area contributed by atoms with E-state index in [2.05, 4.69) is 137 Å². The second-order valence-electron chi connectivity index (χ2n) is 12.9. The van der Waals surface area contributed by atoms with Crippen LogP contribution < -0.4 is 0 Å². The van der Waals surface area contributed by atoms with Gasteiger partial charge < -0.3 is 0 Å². The molecule has 0 fully saturated rings. The van der Waals surface area contributed by atoms with Crippen molar-refractivity contribution in [2.45, 2.75) is 38.5 Å². The highest BCUT2D eigenvalue weighted by molar-refractivity contribution is 6.26. The van der Waals surface area contributed by atoms with E-state index in [0.29, 0.717) is 0 Å². The Bertz CT molecular complexity index is 2260. The Balaban J connectivity index is 1.39. The maximum atomic E-state index is 2.56. The molecule has 0 amide bonds. The van der Waals surface area contributed by atoms with Gasteiger partial charge in [0.15, 0.2) is 0 Å². The third-order valence-corrected chi connectivity index (χ3v) is 10.2. The number of fused-ring (bicyclic) bond motifs is 14. The first-order valence-corrected chi connectivity index (χ1v) is 14.5. The number of rotatable bonds is 0. The molecule has 40 heavy (non-hydrogen) atoms. The predicted octanol–water partition coefficient (Wildman–Crippen LogP) is 10.9. The lowest BCUT2D eigenvalue weighted by atomic mass is 9.76. The van der Waals surface area contributed by atoms with Gasteiger partial charge in [-0.05, 0) is 106 Å². The molecule has 0 bridgehead atoms. The highest BCUT2D eigenvalue weighted by atomic mass is 14.5. The van der Waals surface area contributed by atoms with Crippen LogP contribution in [-0.4, -0.2) is 0 Å². The lowest BCUT2D eigenvalue weighted by Crippen LogP contribution is -2.19. The number of hydrogen-bond donors (Lipinski definition) is 0. The molecule has 0 nitrogen and oxygen atoms in total. The van der Waals surface area contributed by atoms with Crippen LogP contribution in [0.4, 0.5) is 0 Å². The summed E-state index contributed by atoms with van der Waals surface area (Å²) >= 11 is 0. The Morgan fingerprint density at radius 3 is 1.50 bits per heavy atom. The summed E-state index contributed by atoms with van der Waals surface area (Å²) in [5, 5.41) is 10.8. The minimum atomic E-state index is -0.0758. The minimum absolute atomic E-state index is 0.0530. The standard InChI is InChI=1S/C40H30/c1-39(2)35-21-31-28-16-10-8-14-26(28)25-13-7-9-15-27(25)30(31)19-33(35)34-20-32-29-18-17-23-11-5-6-12-24(23)38(29)40(3,4)37(32)22-36(34)39/h5-22H,1-4H3. The van der Waals surface area contributed by atoms with Gasteiger partial charge in [-0.25, -0.2) is 0 Å². The Labute approximate surface area is 234 Å². The van der Waals surface area contributed by atoms with Gasteiger partial charge in [-0.1, -0.05) is 119 Å². The van der Waals surface area contributed by atoms with Gasteiger partial charge >= 0.3 is 0 Å². The Hall–Kier alpha value is -4.42. The van der Waals surface area contributed by atoms with Gasteiger partial charge in [0, 0.05) is 10.8 Å². The molecule has 0 spiro atoms. The van der Waals surface area contributed by atoms with E-state index in [4.69, 9.17) is 0 Å². The van der Waals surface area contributed by atoms with Crippen molar-refractivity contribution in [3.8, 4) is 22.3 Å². The molecule has 0 saturated carbocycles. The average Bonchev–Trinajstić information content (AvgIpc) is 3.34. The molecule has 0 saturated heterocycles. The lowest BCUT2D eigenvalue weighted by Gasteiger charge is -2.26. The Morgan fingerprint density at radius 1 is 0.350 bits per heavy atom. The van der Waals surface area contributed by atoms with E-state index in [9.17, 15) is 0 Å². The van der Waals surface area contributed by atoms with Crippen molar-refractivity contribution < 1.29 is 0 Å². The third-order valence-electron chi connectivity index (χ3n) is 10.2. The Morgan fingerprint density at radius 2 is 0.825 bits per heavy atom. The molecule has 0 heteroatoms. The summed E-state index contributed by atoms with van der Waals surface area (Å²) in [5.74, 6) is 0. The van der Waals surface area contributed by atoms with Crippen molar-refractivity contribution in [3.05, 3.63) is 131 Å². The molecular formula is C40H30. The largest absolute Gasteiger partial charge is 0.0616 e. The third kappa shape index (κ3) is 2.58. The molecule has 0 radical (unpaired) electrons. The molecule has 7 aromatic carbocycles. The second-order valence-corrected chi connectivity index (χ2v) is 12.9. The van der Waals surface area contributed by atoms with E-state index in [1.54, 1.807) is 0 Å². The maximum absolute atomic E-state index is 2.56. The van der Waals surface area contributed by atoms with Gasteiger partial charge in [0.25, 0.3) is 0 Å². The van der Waals surface area contributed by atoms with E-state index in [1.807, 2.05) is 0 Å². The summed E-state index contributed by atoms with van der Waals surface area (Å²) in [5.41, 5.74) is 11.3. The normalized spacial score (nSPS) is 15.9. The van der Waals surface area contributed by atoms with Crippen LogP contribution in [0.1, 0.15) is 49.9 Å². The van der Waals surface area contributed by atoms with E-state index in [1.165, 1.54) is 87.6 Å². The first-order valence-electron chi connectivity index (χ1n) is 14.5. The fourth-order valence-corrected chi connectivity index (χ4v) is 8.22. The van der Waals surface area contributed by atoms with Crippen molar-refractivity contribution in [1.82, 2.24) is 0 Å². The lowest BCUT2D eigenvalue weighted by molar-refractivity contribution is 0.642. The smallest absolute Gasteiger partial charge is 0.0165 e. The molecule has 0 aromatic heterocycles. The van der Waals surface area contributed by atoms with Gasteiger partial charge in [0.1, 0.15) is 0 Å². The van der Waals surface area contributed by atoms with Gasteiger partial charge in [-0.2, -0.15) is 0 Å². The van der Waals surface area contributed by atoms with Gasteiger partial charge in [0.05, 0.1) is 0 Å². The van der Waals surface area contributed by atoms with Gasteiger partial charge in [-0.15, -0.1) is 0 Å². The summed E-state index contributed by atoms with van der Waals surface area (Å²) in [6.07, 6.45) is 0. The molecule has 0 aliphatic heterocycles.